The molecular weight excluding hydrogens is 290 g/mol. The lowest BCUT2D eigenvalue weighted by atomic mass is 10.2. The van der Waals surface area contributed by atoms with Gasteiger partial charge in [0.1, 0.15) is 12.4 Å². The number of amidine groups is 1. The van der Waals surface area contributed by atoms with Crippen molar-refractivity contribution in [2.24, 2.45) is 10.8 Å². The molecule has 0 saturated carbocycles. The van der Waals surface area contributed by atoms with Gasteiger partial charge in [0, 0.05) is 0 Å². The van der Waals surface area contributed by atoms with Gasteiger partial charge in [-0.3, -0.25) is 15.4 Å². The summed E-state index contributed by atoms with van der Waals surface area (Å²) < 4.78 is 1.92. The average Bonchev–Trinajstić information content (AvgIpc) is 2.99. The van der Waals surface area contributed by atoms with Gasteiger partial charge in [0.25, 0.3) is 0 Å². The van der Waals surface area contributed by atoms with Gasteiger partial charge in [-0.15, -0.1) is 0 Å². The molecule has 0 bridgehead atoms. The maximum Gasteiger partial charge on any atom is 0.201 e. The zero-order valence-corrected chi connectivity index (χ0v) is 12.1. The second kappa shape index (κ2) is 5.99. The predicted octanol–water partition coefficient (Wildman–Crippen LogP) is 2.25. The monoisotopic (exact) mass is 303 g/mol. The van der Waals surface area contributed by atoms with E-state index in [-0.39, 0.29) is 11.5 Å². The van der Waals surface area contributed by atoms with Crippen LogP contribution in [-0.4, -0.2) is 21.1 Å². The van der Waals surface area contributed by atoms with Gasteiger partial charge < -0.3 is 5.73 Å². The number of nitriles is 1. The number of hydrogen-bond donors (Lipinski definition) is 3. The summed E-state index contributed by atoms with van der Waals surface area (Å²) in [5.41, 5.74) is 11.3. The molecule has 112 valence electrons. The SMILES string of the molecule is N#C/C(=N\Nc1ccccc1-n1cnc2ccccc21)C(=N)N. The Hall–Kier alpha value is -3.66. The zero-order valence-electron chi connectivity index (χ0n) is 12.1. The van der Waals surface area contributed by atoms with Crippen molar-refractivity contribution in [3.05, 3.63) is 54.9 Å². The highest BCUT2D eigenvalue weighted by Gasteiger charge is 2.08. The molecule has 0 atom stereocenters. The molecule has 0 aliphatic carbocycles. The summed E-state index contributed by atoms with van der Waals surface area (Å²) in [6.07, 6.45) is 1.73. The van der Waals surface area contributed by atoms with E-state index < -0.39 is 0 Å². The first-order chi connectivity index (χ1) is 11.2. The van der Waals surface area contributed by atoms with Crippen molar-refractivity contribution in [1.29, 1.82) is 10.7 Å². The van der Waals surface area contributed by atoms with E-state index in [0.29, 0.717) is 5.69 Å². The van der Waals surface area contributed by atoms with Crippen molar-refractivity contribution < 1.29 is 0 Å². The van der Waals surface area contributed by atoms with Crippen LogP contribution in [-0.2, 0) is 0 Å². The number of nitrogens with two attached hydrogens (primary N) is 1. The molecule has 3 rings (SSSR count). The van der Waals surface area contributed by atoms with Crippen LogP contribution in [0.4, 0.5) is 5.69 Å². The highest BCUT2D eigenvalue weighted by molar-refractivity contribution is 6.45. The van der Waals surface area contributed by atoms with E-state index >= 15 is 0 Å². The number of nitrogens with zero attached hydrogens (tertiary/aromatic N) is 4. The number of anilines is 1. The topological polar surface area (TPSA) is 116 Å². The number of imidazole rings is 1. The molecule has 7 heteroatoms. The number of para-hydroxylation sites is 4. The van der Waals surface area contributed by atoms with Crippen LogP contribution in [0.25, 0.3) is 16.7 Å². The summed E-state index contributed by atoms with van der Waals surface area (Å²) in [6, 6.07) is 17.0. The van der Waals surface area contributed by atoms with Crippen LogP contribution in [0.3, 0.4) is 0 Å². The Morgan fingerprint density at radius 2 is 1.96 bits per heavy atom. The first kappa shape index (κ1) is 14.3. The molecular formula is C16H13N7. The van der Waals surface area contributed by atoms with Crippen LogP contribution in [0.15, 0.2) is 60.0 Å². The van der Waals surface area contributed by atoms with Gasteiger partial charge >= 0.3 is 0 Å². The minimum atomic E-state index is -0.384. The third kappa shape index (κ3) is 2.73. The van der Waals surface area contributed by atoms with E-state index in [2.05, 4.69) is 15.5 Å². The normalized spacial score (nSPS) is 11.2. The molecule has 1 heterocycles. The molecule has 0 fully saturated rings. The fraction of sp³-hybridized carbons (Fsp3) is 0. The van der Waals surface area contributed by atoms with Gasteiger partial charge in [0.15, 0.2) is 5.84 Å². The predicted molar refractivity (Wildman–Crippen MR) is 89.7 cm³/mol. The third-order valence-corrected chi connectivity index (χ3v) is 3.27. The fourth-order valence-electron chi connectivity index (χ4n) is 2.19. The summed E-state index contributed by atoms with van der Waals surface area (Å²) in [6.45, 7) is 0. The van der Waals surface area contributed by atoms with Crippen molar-refractivity contribution in [1.82, 2.24) is 9.55 Å². The first-order valence-electron chi connectivity index (χ1n) is 6.80. The molecule has 4 N–H and O–H groups in total. The van der Waals surface area contributed by atoms with E-state index in [1.165, 1.54) is 0 Å². The van der Waals surface area contributed by atoms with E-state index in [1.807, 2.05) is 53.1 Å². The Kier molecular flexibility index (Phi) is 3.72. The van der Waals surface area contributed by atoms with Crippen LogP contribution in [0.2, 0.25) is 0 Å². The highest BCUT2D eigenvalue weighted by atomic mass is 15.3. The standard InChI is InChI=1S/C16H13N7/c17-9-13(16(18)19)22-21-12-6-2-4-8-15(12)23-10-20-11-5-1-3-7-14(11)23/h1-8,10,21H,(H3,18,19)/b22-13+. The van der Waals surface area contributed by atoms with Gasteiger partial charge in [-0.05, 0) is 24.3 Å². The molecule has 2 aromatic carbocycles. The summed E-state index contributed by atoms with van der Waals surface area (Å²) in [5.74, 6) is -0.384. The van der Waals surface area contributed by atoms with Crippen LogP contribution in [0, 0.1) is 16.7 Å². The van der Waals surface area contributed by atoms with Crippen molar-refractivity contribution in [2.45, 2.75) is 0 Å². The third-order valence-electron chi connectivity index (χ3n) is 3.27. The zero-order chi connectivity index (χ0) is 16.2. The van der Waals surface area contributed by atoms with E-state index in [0.717, 1.165) is 16.7 Å². The van der Waals surface area contributed by atoms with Gasteiger partial charge in [-0.1, -0.05) is 24.3 Å². The molecule has 0 unspecified atom stereocenters. The maximum atomic E-state index is 8.91. The number of nitrogens with one attached hydrogen (secondary N) is 2. The van der Waals surface area contributed by atoms with Crippen LogP contribution >= 0.6 is 0 Å². The quantitative estimate of drug-likeness (QED) is 0.389. The molecule has 23 heavy (non-hydrogen) atoms. The minimum absolute atomic E-state index is 0.171. The number of hydrogen-bond acceptors (Lipinski definition) is 5. The van der Waals surface area contributed by atoms with Gasteiger partial charge in [-0.2, -0.15) is 10.4 Å². The minimum Gasteiger partial charge on any atom is -0.382 e. The van der Waals surface area contributed by atoms with E-state index in [9.17, 15) is 0 Å². The maximum absolute atomic E-state index is 8.91. The Morgan fingerprint density at radius 3 is 2.74 bits per heavy atom. The summed E-state index contributed by atoms with van der Waals surface area (Å²) >= 11 is 0. The lowest BCUT2D eigenvalue weighted by Crippen LogP contribution is -2.22. The number of hydrazone groups is 1. The summed E-state index contributed by atoms with van der Waals surface area (Å²) in [7, 11) is 0. The summed E-state index contributed by atoms with van der Waals surface area (Å²) in [4.78, 5) is 4.37. The number of benzene rings is 2. The molecule has 1 aromatic heterocycles. The smallest absolute Gasteiger partial charge is 0.201 e. The van der Waals surface area contributed by atoms with Crippen molar-refractivity contribution in [3.8, 4) is 11.8 Å². The molecule has 0 spiro atoms. The number of fused-ring (bicyclic) bond motifs is 1. The molecule has 0 radical (unpaired) electrons. The Labute approximate surface area is 132 Å². The van der Waals surface area contributed by atoms with Gasteiger partial charge in [-0.25, -0.2) is 4.98 Å². The Balaban J connectivity index is 2.05. The fourth-order valence-corrected chi connectivity index (χ4v) is 2.19. The molecule has 0 aliphatic rings. The number of aromatic nitrogens is 2. The van der Waals surface area contributed by atoms with Crippen LogP contribution in [0.5, 0.6) is 0 Å². The lowest BCUT2D eigenvalue weighted by molar-refractivity contribution is 1.09. The molecule has 7 nitrogen and oxygen atoms in total. The van der Waals surface area contributed by atoms with Crippen molar-refractivity contribution in [2.75, 3.05) is 5.43 Å². The van der Waals surface area contributed by atoms with Crippen LogP contribution in [0.1, 0.15) is 0 Å². The second-order valence-electron chi connectivity index (χ2n) is 4.72. The van der Waals surface area contributed by atoms with E-state index in [1.54, 1.807) is 12.4 Å². The molecule has 0 amide bonds. The van der Waals surface area contributed by atoms with Crippen molar-refractivity contribution in [3.63, 3.8) is 0 Å². The molecule has 3 aromatic rings. The first-order valence-corrected chi connectivity index (χ1v) is 6.80. The lowest BCUT2D eigenvalue weighted by Gasteiger charge is -2.10. The number of rotatable bonds is 4. The average molecular weight is 303 g/mol. The highest BCUT2D eigenvalue weighted by Crippen LogP contribution is 2.24. The van der Waals surface area contributed by atoms with Gasteiger partial charge in [0.2, 0.25) is 5.71 Å². The molecule has 0 saturated heterocycles. The Bertz CT molecular complexity index is 946. The Morgan fingerprint density at radius 1 is 1.22 bits per heavy atom. The largest absolute Gasteiger partial charge is 0.382 e. The van der Waals surface area contributed by atoms with Crippen LogP contribution < -0.4 is 11.2 Å². The van der Waals surface area contributed by atoms with Gasteiger partial charge in [0.05, 0.1) is 22.4 Å². The van der Waals surface area contributed by atoms with Crippen molar-refractivity contribution >= 4 is 28.3 Å². The second-order valence-corrected chi connectivity index (χ2v) is 4.72. The summed E-state index contributed by atoms with van der Waals surface area (Å²) in [5, 5.41) is 20.1. The molecule has 0 aliphatic heterocycles. The van der Waals surface area contributed by atoms with E-state index in [4.69, 9.17) is 16.4 Å².